The van der Waals surface area contributed by atoms with Crippen LogP contribution in [0.2, 0.25) is 0 Å². The van der Waals surface area contributed by atoms with Crippen molar-refractivity contribution in [2.75, 3.05) is 20.3 Å². The lowest BCUT2D eigenvalue weighted by atomic mass is 9.21. The highest BCUT2D eigenvalue weighted by atomic mass is 16.6. The van der Waals surface area contributed by atoms with Crippen molar-refractivity contribution in [1.82, 2.24) is 0 Å². The molecule has 7 aliphatic carbocycles. The third-order valence-corrected chi connectivity index (χ3v) is 22.1. The van der Waals surface area contributed by atoms with Crippen LogP contribution in [0.3, 0.4) is 0 Å². The van der Waals surface area contributed by atoms with E-state index in [0.717, 1.165) is 76.5 Å². The number of carbonyl (C=O) groups is 1. The molecule has 14 atom stereocenters. The molecule has 6 heteroatoms. The van der Waals surface area contributed by atoms with Gasteiger partial charge in [-0.2, -0.15) is 0 Å². The summed E-state index contributed by atoms with van der Waals surface area (Å²) in [6.45, 7) is 13.2. The van der Waals surface area contributed by atoms with E-state index in [1.54, 1.807) is 7.11 Å². The topological polar surface area (TPSA) is 96.2 Å². The van der Waals surface area contributed by atoms with Crippen molar-refractivity contribution in [3.63, 3.8) is 0 Å². The molecule has 1 aromatic rings. The molecule has 1 heterocycles. The van der Waals surface area contributed by atoms with Gasteiger partial charge < -0.3 is 24.8 Å². The van der Waals surface area contributed by atoms with Crippen LogP contribution in [-0.2, 0) is 27.1 Å². The third kappa shape index (κ3) is 5.99. The molecule has 14 unspecified atom stereocenters. The predicted octanol–water partition coefficient (Wildman–Crippen LogP) is 12.0. The van der Waals surface area contributed by atoms with Crippen LogP contribution in [0.1, 0.15) is 187 Å². The number of aliphatic carboxylic acids is 1. The van der Waals surface area contributed by atoms with Crippen molar-refractivity contribution in [1.29, 1.82) is 0 Å². The molecule has 1 aliphatic heterocycles. The zero-order valence-electron chi connectivity index (χ0n) is 38.8. The molecule has 1 spiro atoms. The highest BCUT2D eigenvalue weighted by molar-refractivity contribution is 5.74. The van der Waals surface area contributed by atoms with E-state index in [1.165, 1.54) is 88.2 Å². The van der Waals surface area contributed by atoms with Crippen molar-refractivity contribution in [2.24, 2.45) is 73.4 Å². The predicted molar refractivity (Wildman–Crippen MR) is 238 cm³/mol. The number of benzene rings is 1. The molecule has 7 saturated carbocycles. The minimum Gasteiger partial charge on any atom is -0.481 e. The molecular formula is C54H84O6. The quantitative estimate of drug-likeness (QED) is 0.152. The minimum absolute atomic E-state index is 0.00419. The van der Waals surface area contributed by atoms with Crippen molar-refractivity contribution in [3.8, 4) is 0 Å². The van der Waals surface area contributed by atoms with E-state index >= 15 is 0 Å². The SMILES string of the molecule is CCCC1C2(O)CC3CCC4CC5(CCCCCC6CCCC6)C6CC(C)(C(=O)O)CCC6(C)CCC5(C)C5CCC1(C(Cc1ccc(CCOC)cc1)O2)C3(CO)C45C. The fourth-order valence-electron chi connectivity index (χ4n) is 19.3. The maximum absolute atomic E-state index is 13.2. The lowest BCUT2D eigenvalue weighted by Gasteiger charge is -2.82. The summed E-state index contributed by atoms with van der Waals surface area (Å²) in [5, 5.41) is 36.4. The first kappa shape index (κ1) is 43.8. The second-order valence-electron chi connectivity index (χ2n) is 24.1. The van der Waals surface area contributed by atoms with Gasteiger partial charge in [0.1, 0.15) is 0 Å². The van der Waals surface area contributed by atoms with Gasteiger partial charge in [-0.05, 0) is 159 Å². The Hall–Kier alpha value is -1.47. The summed E-state index contributed by atoms with van der Waals surface area (Å²) in [6.07, 6.45) is 26.8. The third-order valence-electron chi connectivity index (χ3n) is 22.1. The fourth-order valence-corrected chi connectivity index (χ4v) is 19.3. The molecule has 8 aliphatic rings. The van der Waals surface area contributed by atoms with Crippen LogP contribution < -0.4 is 0 Å². The van der Waals surface area contributed by atoms with Crippen LogP contribution in [0.15, 0.2) is 24.3 Å². The number of aliphatic hydroxyl groups is 2. The Bertz CT molecular complexity index is 1720. The molecule has 6 nitrogen and oxygen atoms in total. The van der Waals surface area contributed by atoms with Crippen LogP contribution >= 0.6 is 0 Å². The maximum atomic E-state index is 13.2. The first-order valence-corrected chi connectivity index (χ1v) is 25.5. The highest BCUT2D eigenvalue weighted by Gasteiger charge is 2.86. The van der Waals surface area contributed by atoms with Crippen LogP contribution in [0.25, 0.3) is 0 Å². The molecule has 0 aromatic heterocycles. The van der Waals surface area contributed by atoms with Gasteiger partial charge in [-0.1, -0.05) is 110 Å². The van der Waals surface area contributed by atoms with Crippen molar-refractivity contribution < 1.29 is 29.6 Å². The second-order valence-corrected chi connectivity index (χ2v) is 24.1. The number of unbranched alkanes of at least 4 members (excludes halogenated alkanes) is 2. The normalized spacial score (nSPS) is 48.0. The summed E-state index contributed by atoms with van der Waals surface area (Å²) in [5.74, 6) is 0.720. The van der Waals surface area contributed by atoms with Crippen molar-refractivity contribution in [3.05, 3.63) is 35.4 Å². The number of fused-ring (bicyclic) bond motifs is 5. The number of rotatable bonds is 15. The van der Waals surface area contributed by atoms with Gasteiger partial charge in [-0.3, -0.25) is 4.79 Å². The Kier molecular flexibility index (Phi) is 11.4. The van der Waals surface area contributed by atoms with E-state index in [-0.39, 0.29) is 57.0 Å². The molecule has 1 saturated heterocycles. The summed E-state index contributed by atoms with van der Waals surface area (Å²) in [7, 11) is 1.76. The van der Waals surface area contributed by atoms with Gasteiger partial charge in [0.2, 0.25) is 0 Å². The number of ether oxygens (including phenoxy) is 2. The van der Waals surface area contributed by atoms with Gasteiger partial charge in [-0.25, -0.2) is 0 Å². The number of methoxy groups -OCH3 is 1. The second kappa shape index (κ2) is 15.6. The van der Waals surface area contributed by atoms with Gasteiger partial charge in [0, 0.05) is 30.3 Å². The molecule has 1 aromatic carbocycles. The molecule has 8 fully saturated rings. The van der Waals surface area contributed by atoms with Gasteiger partial charge >= 0.3 is 5.97 Å². The van der Waals surface area contributed by atoms with Crippen LogP contribution in [0.4, 0.5) is 0 Å². The molecule has 0 radical (unpaired) electrons. The molecule has 336 valence electrons. The van der Waals surface area contributed by atoms with Crippen LogP contribution in [-0.4, -0.2) is 53.5 Å². The molecule has 0 amide bonds. The molecule has 3 N–H and O–H groups in total. The zero-order valence-corrected chi connectivity index (χ0v) is 38.8. The number of aliphatic hydroxyl groups excluding tert-OH is 1. The molecule has 2 bridgehead atoms. The monoisotopic (exact) mass is 829 g/mol. The zero-order chi connectivity index (χ0) is 42.4. The summed E-state index contributed by atoms with van der Waals surface area (Å²) < 4.78 is 12.6. The summed E-state index contributed by atoms with van der Waals surface area (Å²) >= 11 is 0. The number of carboxylic acid groups (broad SMARTS) is 1. The summed E-state index contributed by atoms with van der Waals surface area (Å²) in [6, 6.07) is 9.06. The van der Waals surface area contributed by atoms with E-state index in [0.29, 0.717) is 30.8 Å². The Labute approximate surface area is 364 Å². The largest absolute Gasteiger partial charge is 0.481 e. The first-order valence-electron chi connectivity index (χ1n) is 25.5. The van der Waals surface area contributed by atoms with Gasteiger partial charge in [0.25, 0.3) is 0 Å². The van der Waals surface area contributed by atoms with E-state index in [2.05, 4.69) is 58.9 Å². The smallest absolute Gasteiger partial charge is 0.309 e. The molecule has 9 rings (SSSR count). The van der Waals surface area contributed by atoms with Gasteiger partial charge in [-0.15, -0.1) is 0 Å². The minimum atomic E-state index is -1.16. The first-order chi connectivity index (χ1) is 28.7. The fraction of sp³-hybridized carbons (Fsp3) is 0.870. The van der Waals surface area contributed by atoms with E-state index < -0.39 is 17.2 Å². The lowest BCUT2D eigenvalue weighted by molar-refractivity contribution is -0.360. The van der Waals surface area contributed by atoms with E-state index in [4.69, 9.17) is 9.47 Å². The van der Waals surface area contributed by atoms with Crippen molar-refractivity contribution >= 4 is 5.97 Å². The Morgan fingerprint density at radius 2 is 1.53 bits per heavy atom. The Balaban J connectivity index is 1.13. The number of carboxylic acids is 1. The summed E-state index contributed by atoms with van der Waals surface area (Å²) in [4.78, 5) is 13.2. The van der Waals surface area contributed by atoms with E-state index in [9.17, 15) is 20.1 Å². The Morgan fingerprint density at radius 1 is 0.817 bits per heavy atom. The maximum Gasteiger partial charge on any atom is 0.309 e. The van der Waals surface area contributed by atoms with Gasteiger partial charge in [0.15, 0.2) is 5.79 Å². The lowest BCUT2D eigenvalue weighted by Crippen LogP contribution is -2.79. The average Bonchev–Trinajstić information content (AvgIpc) is 3.80. The standard InChI is InChI=1S/C54H84O6/c1-7-13-43-52-26-23-42-49(4)30-29-47(2)27-28-48(3,46(56)57)35-44(47)51(49,25-12-8-9-14-37-15-10-11-16-37)33-40-21-22-41(53(52,36-55)50(40,42)5)34-54(43,58)60-45(52)32-39-19-17-38(18-20-39)24-31-59-6/h17-20,37,40-45,55,58H,7-16,21-36H2,1-6H3,(H,56,57). The van der Waals surface area contributed by atoms with Crippen molar-refractivity contribution in [2.45, 2.75) is 201 Å². The van der Waals surface area contributed by atoms with Crippen LogP contribution in [0.5, 0.6) is 0 Å². The van der Waals surface area contributed by atoms with Crippen LogP contribution in [0, 0.1) is 73.4 Å². The summed E-state index contributed by atoms with van der Waals surface area (Å²) in [5.41, 5.74) is 1.41. The van der Waals surface area contributed by atoms with E-state index in [1.807, 2.05) is 0 Å². The van der Waals surface area contributed by atoms with Gasteiger partial charge in [0.05, 0.1) is 24.7 Å². The molecular weight excluding hydrogens is 745 g/mol. The molecule has 60 heavy (non-hydrogen) atoms. The number of hydrogen-bond donors (Lipinski definition) is 3. The average molecular weight is 829 g/mol. The highest BCUT2D eigenvalue weighted by Crippen LogP contribution is 2.88. The number of hydrogen-bond acceptors (Lipinski definition) is 5. The Morgan fingerprint density at radius 3 is 2.23 bits per heavy atom.